The minimum Gasteiger partial charge on any atom is -0.287 e. The van der Waals surface area contributed by atoms with Gasteiger partial charge >= 0.3 is 0 Å². The third-order valence-corrected chi connectivity index (χ3v) is 3.34. The van der Waals surface area contributed by atoms with Gasteiger partial charge in [0.25, 0.3) is 0 Å². The number of unbranched alkanes of at least 4 members (excludes halogenated alkanes) is 1. The molecule has 0 N–H and O–H groups in total. The molecular weight excluding hydrogens is 166 g/mol. The molecule has 68 valence electrons. The molecule has 0 radical (unpaired) electrons. The summed E-state index contributed by atoms with van der Waals surface area (Å²) >= 11 is 1.85. The third-order valence-electron chi connectivity index (χ3n) is 2.17. The van der Waals surface area contributed by atoms with Gasteiger partial charge in [0.15, 0.2) is 5.00 Å². The van der Waals surface area contributed by atoms with Gasteiger partial charge in [-0.3, -0.25) is 4.48 Å². The largest absolute Gasteiger partial charge is 0.287 e. The van der Waals surface area contributed by atoms with Crippen molar-refractivity contribution in [1.29, 1.82) is 0 Å². The van der Waals surface area contributed by atoms with Crippen LogP contribution in [0.25, 0.3) is 0 Å². The maximum absolute atomic E-state index is 2.28. The van der Waals surface area contributed by atoms with E-state index in [1.807, 2.05) is 11.3 Å². The molecule has 0 saturated heterocycles. The van der Waals surface area contributed by atoms with Gasteiger partial charge in [0.1, 0.15) is 0 Å². The van der Waals surface area contributed by atoms with E-state index in [0.29, 0.717) is 0 Å². The summed E-state index contributed by atoms with van der Waals surface area (Å²) in [6.07, 6.45) is 2.60. The van der Waals surface area contributed by atoms with Crippen LogP contribution in [-0.4, -0.2) is 20.6 Å². The minimum atomic E-state index is 1.03. The van der Waals surface area contributed by atoms with Crippen molar-refractivity contribution >= 4 is 16.3 Å². The van der Waals surface area contributed by atoms with Crippen LogP contribution in [0.2, 0.25) is 0 Å². The summed E-state index contributed by atoms with van der Waals surface area (Å²) < 4.78 is 1.03. The molecule has 1 heterocycles. The Morgan fingerprint density at radius 3 is 2.67 bits per heavy atom. The number of rotatable bonds is 4. The lowest BCUT2D eigenvalue weighted by atomic mass is 10.3. The predicted molar refractivity (Wildman–Crippen MR) is 57.7 cm³/mol. The van der Waals surface area contributed by atoms with Crippen LogP contribution in [0.1, 0.15) is 19.8 Å². The van der Waals surface area contributed by atoms with Crippen molar-refractivity contribution in [3.05, 3.63) is 17.5 Å². The molecule has 1 aromatic rings. The Hall–Kier alpha value is -0.340. The highest BCUT2D eigenvalue weighted by Crippen LogP contribution is 2.25. The highest BCUT2D eigenvalue weighted by Gasteiger charge is 2.18. The summed E-state index contributed by atoms with van der Waals surface area (Å²) in [5.41, 5.74) is 0. The lowest BCUT2D eigenvalue weighted by molar-refractivity contribution is 0.395. The van der Waals surface area contributed by atoms with E-state index >= 15 is 0 Å². The SMILES string of the molecule is CCCC[N+](C)(C)c1cccs1. The molecular formula is C10H18NS+. The molecule has 0 atom stereocenters. The highest BCUT2D eigenvalue weighted by atomic mass is 32.1. The molecule has 0 unspecified atom stereocenters. The van der Waals surface area contributed by atoms with Crippen molar-refractivity contribution in [2.24, 2.45) is 0 Å². The molecule has 0 aliphatic rings. The van der Waals surface area contributed by atoms with E-state index in [1.165, 1.54) is 24.4 Å². The second-order valence-electron chi connectivity index (χ2n) is 3.71. The Bertz CT molecular complexity index is 214. The highest BCUT2D eigenvalue weighted by molar-refractivity contribution is 7.13. The molecule has 12 heavy (non-hydrogen) atoms. The minimum absolute atomic E-state index is 1.03. The molecule has 1 rings (SSSR count). The Kier molecular flexibility index (Phi) is 3.29. The molecule has 0 saturated carbocycles. The van der Waals surface area contributed by atoms with Gasteiger partial charge in [0, 0.05) is 6.07 Å². The molecule has 0 spiro atoms. The number of thiophene rings is 1. The summed E-state index contributed by atoms with van der Waals surface area (Å²) in [6, 6.07) is 4.35. The zero-order chi connectivity index (χ0) is 9.03. The Labute approximate surface area is 79.2 Å². The summed E-state index contributed by atoms with van der Waals surface area (Å²) in [7, 11) is 4.56. The Morgan fingerprint density at radius 2 is 2.17 bits per heavy atom. The Balaban J connectivity index is 2.59. The van der Waals surface area contributed by atoms with E-state index in [-0.39, 0.29) is 0 Å². The van der Waals surface area contributed by atoms with Crippen molar-refractivity contribution in [1.82, 2.24) is 4.48 Å². The first-order valence-electron chi connectivity index (χ1n) is 4.54. The monoisotopic (exact) mass is 184 g/mol. The first kappa shape index (κ1) is 9.75. The molecule has 2 heteroatoms. The number of hydrogen-bond acceptors (Lipinski definition) is 1. The lowest BCUT2D eigenvalue weighted by Crippen LogP contribution is -2.40. The van der Waals surface area contributed by atoms with Gasteiger partial charge in [-0.05, 0) is 17.9 Å². The van der Waals surface area contributed by atoms with Crippen molar-refractivity contribution < 1.29 is 0 Å². The van der Waals surface area contributed by atoms with Gasteiger partial charge in [0.2, 0.25) is 0 Å². The zero-order valence-corrected chi connectivity index (χ0v) is 9.03. The smallest absolute Gasteiger partial charge is 0.187 e. The fourth-order valence-electron chi connectivity index (χ4n) is 1.28. The van der Waals surface area contributed by atoms with Crippen molar-refractivity contribution in [3.63, 3.8) is 0 Å². The number of hydrogen-bond donors (Lipinski definition) is 0. The summed E-state index contributed by atoms with van der Waals surface area (Å²) in [6.45, 7) is 3.49. The van der Waals surface area contributed by atoms with Crippen LogP contribution in [0.4, 0.5) is 5.00 Å². The van der Waals surface area contributed by atoms with E-state index < -0.39 is 0 Å². The van der Waals surface area contributed by atoms with Gasteiger partial charge in [-0.15, -0.1) is 0 Å². The maximum Gasteiger partial charge on any atom is 0.187 e. The molecule has 0 amide bonds. The zero-order valence-electron chi connectivity index (χ0n) is 8.21. The average molecular weight is 184 g/mol. The van der Waals surface area contributed by atoms with Gasteiger partial charge in [-0.2, -0.15) is 0 Å². The number of nitrogens with zero attached hydrogens (tertiary/aromatic N) is 1. The third kappa shape index (κ3) is 2.32. The average Bonchev–Trinajstić information content (AvgIpc) is 2.53. The first-order chi connectivity index (χ1) is 5.67. The quantitative estimate of drug-likeness (QED) is 0.631. The van der Waals surface area contributed by atoms with Crippen LogP contribution >= 0.6 is 11.3 Å². The van der Waals surface area contributed by atoms with Crippen LogP contribution in [0, 0.1) is 0 Å². The van der Waals surface area contributed by atoms with Crippen LogP contribution in [0.15, 0.2) is 17.5 Å². The van der Waals surface area contributed by atoms with Crippen molar-refractivity contribution in [3.8, 4) is 0 Å². The molecule has 0 aliphatic heterocycles. The Morgan fingerprint density at radius 1 is 1.42 bits per heavy atom. The summed E-state index contributed by atoms with van der Waals surface area (Å²) in [5.74, 6) is 0. The van der Waals surface area contributed by atoms with Crippen LogP contribution in [0.3, 0.4) is 0 Å². The number of quaternary nitrogens is 1. The maximum atomic E-state index is 2.28. The van der Waals surface area contributed by atoms with Crippen LogP contribution < -0.4 is 4.48 Å². The van der Waals surface area contributed by atoms with E-state index in [4.69, 9.17) is 0 Å². The predicted octanol–water partition coefficient (Wildman–Crippen LogP) is 3.12. The topological polar surface area (TPSA) is 0 Å². The second-order valence-corrected chi connectivity index (χ2v) is 4.64. The van der Waals surface area contributed by atoms with Gasteiger partial charge in [-0.25, -0.2) is 0 Å². The standard InChI is InChI=1S/C10H18NS/c1-4-5-8-11(2,3)10-7-6-9-12-10/h6-7,9H,4-5,8H2,1-3H3/q+1. The first-order valence-corrected chi connectivity index (χ1v) is 5.42. The summed E-state index contributed by atoms with van der Waals surface area (Å²) in [5, 5.41) is 3.62. The molecule has 0 fully saturated rings. The normalized spacial score (nSPS) is 11.9. The van der Waals surface area contributed by atoms with Gasteiger partial charge in [0.05, 0.1) is 20.6 Å². The lowest BCUT2D eigenvalue weighted by Gasteiger charge is -2.27. The van der Waals surface area contributed by atoms with E-state index in [0.717, 1.165) is 4.48 Å². The molecule has 0 aliphatic carbocycles. The van der Waals surface area contributed by atoms with Gasteiger partial charge in [-0.1, -0.05) is 24.7 Å². The van der Waals surface area contributed by atoms with Crippen molar-refractivity contribution in [2.75, 3.05) is 20.6 Å². The van der Waals surface area contributed by atoms with Gasteiger partial charge < -0.3 is 0 Å². The molecule has 0 aromatic carbocycles. The van der Waals surface area contributed by atoms with Crippen LogP contribution in [-0.2, 0) is 0 Å². The molecule has 1 aromatic heterocycles. The molecule has 0 bridgehead atoms. The fraction of sp³-hybridized carbons (Fsp3) is 0.600. The molecule has 1 nitrogen and oxygen atoms in total. The van der Waals surface area contributed by atoms with E-state index in [1.54, 1.807) is 0 Å². The summed E-state index contributed by atoms with van der Waals surface area (Å²) in [4.78, 5) is 0. The fourth-order valence-corrected chi connectivity index (χ4v) is 2.11. The van der Waals surface area contributed by atoms with Crippen LogP contribution in [0.5, 0.6) is 0 Å². The second kappa shape index (κ2) is 4.06. The van der Waals surface area contributed by atoms with E-state index in [2.05, 4.69) is 38.5 Å². The van der Waals surface area contributed by atoms with E-state index in [9.17, 15) is 0 Å². The van der Waals surface area contributed by atoms with Crippen molar-refractivity contribution in [2.45, 2.75) is 19.8 Å².